The maximum absolute atomic E-state index is 6.24. The van der Waals surface area contributed by atoms with Gasteiger partial charge in [0.2, 0.25) is 0 Å². The maximum Gasteiger partial charge on any atom is 0.146 e. The highest BCUT2D eigenvalue weighted by molar-refractivity contribution is 6.32. The normalized spacial score (nSPS) is 21.2. The minimum atomic E-state index is -0.178. The zero-order valence-electron chi connectivity index (χ0n) is 10.3. The van der Waals surface area contributed by atoms with E-state index in [0.29, 0.717) is 21.5 Å². The third kappa shape index (κ3) is 2.71. The van der Waals surface area contributed by atoms with Gasteiger partial charge in [-0.05, 0) is 48.9 Å². The molecule has 0 spiro atoms. The Kier molecular flexibility index (Phi) is 3.17. The van der Waals surface area contributed by atoms with E-state index < -0.39 is 0 Å². The molecule has 4 heteroatoms. The van der Waals surface area contributed by atoms with Crippen molar-refractivity contribution in [1.82, 2.24) is 0 Å². The number of epoxide rings is 1. The van der Waals surface area contributed by atoms with Gasteiger partial charge in [0.15, 0.2) is 0 Å². The molecule has 1 atom stereocenters. The van der Waals surface area contributed by atoms with E-state index in [4.69, 9.17) is 32.7 Å². The summed E-state index contributed by atoms with van der Waals surface area (Å²) in [5.74, 6) is 1.32. The third-order valence-electron chi connectivity index (χ3n) is 3.16. The van der Waals surface area contributed by atoms with Crippen LogP contribution in [0.25, 0.3) is 0 Å². The molecule has 2 aromatic carbocycles. The number of benzene rings is 2. The van der Waals surface area contributed by atoms with Gasteiger partial charge in [0.25, 0.3) is 0 Å². The van der Waals surface area contributed by atoms with E-state index in [-0.39, 0.29) is 5.60 Å². The van der Waals surface area contributed by atoms with Gasteiger partial charge in [-0.2, -0.15) is 0 Å². The summed E-state index contributed by atoms with van der Waals surface area (Å²) in [5.41, 5.74) is 0.892. The lowest BCUT2D eigenvalue weighted by molar-refractivity contribution is 0.329. The molecule has 3 rings (SSSR count). The molecule has 0 N–H and O–H groups in total. The Balaban J connectivity index is 1.83. The van der Waals surface area contributed by atoms with Crippen LogP contribution < -0.4 is 4.74 Å². The van der Waals surface area contributed by atoms with Crippen LogP contribution in [-0.2, 0) is 10.3 Å². The lowest BCUT2D eigenvalue weighted by Gasteiger charge is -2.11. The lowest BCUT2D eigenvalue weighted by Crippen LogP contribution is -2.01. The summed E-state index contributed by atoms with van der Waals surface area (Å²) in [6.07, 6.45) is 0. The Morgan fingerprint density at radius 1 is 1.11 bits per heavy atom. The number of hydrogen-bond acceptors (Lipinski definition) is 2. The van der Waals surface area contributed by atoms with Crippen LogP contribution in [0.1, 0.15) is 12.5 Å². The smallest absolute Gasteiger partial charge is 0.146 e. The van der Waals surface area contributed by atoms with Gasteiger partial charge in [-0.1, -0.05) is 29.3 Å². The summed E-state index contributed by atoms with van der Waals surface area (Å²) in [6.45, 7) is 2.78. The largest absolute Gasteiger partial charge is 0.456 e. The molecule has 19 heavy (non-hydrogen) atoms. The van der Waals surface area contributed by atoms with Crippen LogP contribution >= 0.6 is 23.2 Å². The van der Waals surface area contributed by atoms with Crippen molar-refractivity contribution in [2.75, 3.05) is 6.61 Å². The van der Waals surface area contributed by atoms with Crippen LogP contribution in [0.2, 0.25) is 10.0 Å². The molecule has 0 amide bonds. The second-order valence-electron chi connectivity index (χ2n) is 4.72. The van der Waals surface area contributed by atoms with E-state index in [2.05, 4.69) is 0 Å². The van der Waals surface area contributed by atoms with Gasteiger partial charge in [0.05, 0.1) is 11.6 Å². The average molecular weight is 295 g/mol. The van der Waals surface area contributed by atoms with Crippen LogP contribution in [0.4, 0.5) is 0 Å². The Morgan fingerprint density at radius 2 is 1.79 bits per heavy atom. The highest BCUT2D eigenvalue weighted by atomic mass is 35.5. The number of ether oxygens (including phenoxy) is 2. The fraction of sp³-hybridized carbons (Fsp3) is 0.200. The quantitative estimate of drug-likeness (QED) is 0.741. The van der Waals surface area contributed by atoms with E-state index in [9.17, 15) is 0 Å². The van der Waals surface area contributed by atoms with Gasteiger partial charge >= 0.3 is 0 Å². The molecule has 0 bridgehead atoms. The summed E-state index contributed by atoms with van der Waals surface area (Å²) >= 11 is 12.1. The van der Waals surface area contributed by atoms with E-state index >= 15 is 0 Å². The van der Waals surface area contributed by atoms with E-state index in [0.717, 1.165) is 12.2 Å². The summed E-state index contributed by atoms with van der Waals surface area (Å²) in [4.78, 5) is 0. The predicted molar refractivity (Wildman–Crippen MR) is 76.3 cm³/mol. The fourth-order valence-corrected chi connectivity index (χ4v) is 2.16. The zero-order chi connectivity index (χ0) is 13.5. The molecule has 2 nitrogen and oxygen atoms in total. The van der Waals surface area contributed by atoms with Crippen molar-refractivity contribution in [3.05, 3.63) is 58.1 Å². The molecule has 0 aromatic heterocycles. The molecule has 2 aromatic rings. The van der Waals surface area contributed by atoms with Crippen molar-refractivity contribution in [1.29, 1.82) is 0 Å². The first-order valence-corrected chi connectivity index (χ1v) is 6.70. The van der Waals surface area contributed by atoms with Crippen LogP contribution in [0.3, 0.4) is 0 Å². The van der Waals surface area contributed by atoms with Gasteiger partial charge < -0.3 is 9.47 Å². The van der Waals surface area contributed by atoms with Gasteiger partial charge in [-0.15, -0.1) is 0 Å². The molecule has 0 radical (unpaired) electrons. The molecular weight excluding hydrogens is 283 g/mol. The topological polar surface area (TPSA) is 21.8 Å². The Labute approximate surface area is 121 Å². The first-order chi connectivity index (χ1) is 9.07. The van der Waals surface area contributed by atoms with Crippen LogP contribution in [0, 0.1) is 0 Å². The molecule has 1 aliphatic rings. The van der Waals surface area contributed by atoms with Gasteiger partial charge in [-0.25, -0.2) is 0 Å². The summed E-state index contributed by atoms with van der Waals surface area (Å²) in [6, 6.07) is 12.9. The van der Waals surface area contributed by atoms with Crippen molar-refractivity contribution in [3.8, 4) is 11.5 Å². The van der Waals surface area contributed by atoms with Gasteiger partial charge in [0.1, 0.15) is 17.1 Å². The van der Waals surface area contributed by atoms with Crippen molar-refractivity contribution >= 4 is 23.2 Å². The summed E-state index contributed by atoms with van der Waals surface area (Å²) in [5, 5.41) is 1.25. The lowest BCUT2D eigenvalue weighted by atomic mass is 10.0. The number of halogens is 2. The molecule has 1 fully saturated rings. The molecule has 1 heterocycles. The zero-order valence-corrected chi connectivity index (χ0v) is 11.8. The third-order valence-corrected chi connectivity index (χ3v) is 3.71. The van der Waals surface area contributed by atoms with Crippen LogP contribution in [0.5, 0.6) is 11.5 Å². The highest BCUT2D eigenvalue weighted by Crippen LogP contribution is 2.41. The fourth-order valence-electron chi connectivity index (χ4n) is 1.82. The van der Waals surface area contributed by atoms with Gasteiger partial charge in [-0.3, -0.25) is 0 Å². The standard InChI is InChI=1S/C15H12Cl2O2/c1-15(9-18-15)10-2-7-14(13(17)8-10)19-12-5-3-11(16)4-6-12/h2-8H,9H2,1H3. The van der Waals surface area contributed by atoms with Crippen molar-refractivity contribution < 1.29 is 9.47 Å². The SMILES string of the molecule is CC1(c2ccc(Oc3ccc(Cl)cc3)c(Cl)c2)CO1. The minimum absolute atomic E-state index is 0.178. The Bertz CT molecular complexity index is 604. The minimum Gasteiger partial charge on any atom is -0.456 e. The first-order valence-electron chi connectivity index (χ1n) is 5.94. The average Bonchev–Trinajstić information content (AvgIpc) is 3.14. The molecule has 1 saturated heterocycles. The molecule has 1 aliphatic heterocycles. The monoisotopic (exact) mass is 294 g/mol. The Hall–Kier alpha value is -1.22. The van der Waals surface area contributed by atoms with Crippen LogP contribution in [0.15, 0.2) is 42.5 Å². The predicted octanol–water partition coefficient (Wildman–Crippen LogP) is 5.03. The summed E-state index contributed by atoms with van der Waals surface area (Å²) < 4.78 is 11.1. The Morgan fingerprint density at radius 3 is 2.37 bits per heavy atom. The van der Waals surface area contributed by atoms with Gasteiger partial charge in [0, 0.05) is 5.02 Å². The van der Waals surface area contributed by atoms with Crippen molar-refractivity contribution in [3.63, 3.8) is 0 Å². The van der Waals surface area contributed by atoms with Crippen molar-refractivity contribution in [2.24, 2.45) is 0 Å². The molecular formula is C15H12Cl2O2. The summed E-state index contributed by atoms with van der Waals surface area (Å²) in [7, 11) is 0. The molecule has 0 aliphatic carbocycles. The van der Waals surface area contributed by atoms with Crippen LogP contribution in [-0.4, -0.2) is 6.61 Å². The van der Waals surface area contributed by atoms with Crippen molar-refractivity contribution in [2.45, 2.75) is 12.5 Å². The molecule has 98 valence electrons. The maximum atomic E-state index is 6.24. The van der Waals surface area contributed by atoms with E-state index in [1.165, 1.54) is 0 Å². The second-order valence-corrected chi connectivity index (χ2v) is 5.56. The number of hydrogen-bond donors (Lipinski definition) is 0. The highest BCUT2D eigenvalue weighted by Gasteiger charge is 2.41. The molecule has 1 unspecified atom stereocenters. The van der Waals surface area contributed by atoms with E-state index in [1.54, 1.807) is 24.3 Å². The first kappa shape index (κ1) is 12.8. The van der Waals surface area contributed by atoms with E-state index in [1.807, 2.05) is 25.1 Å². The number of rotatable bonds is 3. The molecule has 0 saturated carbocycles. The second kappa shape index (κ2) is 4.71.